The van der Waals surface area contributed by atoms with Crippen LogP contribution in [-0.4, -0.2) is 55.6 Å². The Balaban J connectivity index is 1.05. The molecule has 314 valence electrons. The van der Waals surface area contributed by atoms with E-state index in [0.717, 1.165) is 64.2 Å². The highest BCUT2D eigenvalue weighted by Gasteiger charge is 2.74. The Bertz CT molecular complexity index is 1610. The van der Waals surface area contributed by atoms with Crippen LogP contribution in [0.25, 0.3) is 0 Å². The average molecular weight is 779 g/mol. The monoisotopic (exact) mass is 779 g/mol. The first-order valence-electron chi connectivity index (χ1n) is 23.1. The van der Waals surface area contributed by atoms with Gasteiger partial charge in [-0.25, -0.2) is 0 Å². The number of aliphatic carboxylic acids is 2. The fraction of sp³-hybridized carbons (Fsp3) is 0.917. The van der Waals surface area contributed by atoms with Crippen LogP contribution in [0.1, 0.15) is 170 Å². The number of rotatable bonds is 9. The number of Topliss-reactive ketones (excluding diaryl/α,β-unsaturated/α-hetero) is 2. The minimum atomic E-state index is -1.13. The molecule has 8 fully saturated rings. The van der Waals surface area contributed by atoms with E-state index in [1.54, 1.807) is 0 Å². The number of hydrogen-bond acceptors (Lipinski definition) is 6. The lowest BCUT2D eigenvalue weighted by molar-refractivity contribution is -0.268. The maximum Gasteiger partial charge on any atom is 0.303 e. The second-order valence-electron chi connectivity index (χ2n) is 22.9. The Morgan fingerprint density at radius 2 is 1.16 bits per heavy atom. The summed E-state index contributed by atoms with van der Waals surface area (Å²) in [5, 5.41) is 43.8. The Morgan fingerprint density at radius 1 is 0.643 bits per heavy atom. The molecule has 8 aliphatic carbocycles. The van der Waals surface area contributed by atoms with E-state index in [-0.39, 0.29) is 75.8 Å². The van der Waals surface area contributed by atoms with E-state index in [9.17, 15) is 34.8 Å². The third-order valence-electron chi connectivity index (χ3n) is 21.2. The predicted octanol–water partition coefficient (Wildman–Crippen LogP) is 9.13. The van der Waals surface area contributed by atoms with Crippen LogP contribution in [0.2, 0.25) is 0 Å². The maximum atomic E-state index is 15.0. The van der Waals surface area contributed by atoms with Crippen LogP contribution in [-0.2, 0) is 19.2 Å². The molecule has 0 bridgehead atoms. The highest BCUT2D eigenvalue weighted by molar-refractivity contribution is 5.85. The number of hydrogen-bond donors (Lipinski definition) is 4. The molecule has 8 nitrogen and oxygen atoms in total. The van der Waals surface area contributed by atoms with Crippen LogP contribution in [0.3, 0.4) is 0 Å². The molecular weight excluding hydrogens is 705 g/mol. The average Bonchev–Trinajstić information content (AvgIpc) is 3.67. The molecule has 18 atom stereocenters. The van der Waals surface area contributed by atoms with Crippen LogP contribution >= 0.6 is 0 Å². The fourth-order valence-electron chi connectivity index (χ4n) is 18.3. The van der Waals surface area contributed by atoms with Crippen molar-refractivity contribution in [3.8, 4) is 0 Å². The summed E-state index contributed by atoms with van der Waals surface area (Å²) in [6, 6.07) is 0. The van der Waals surface area contributed by atoms with Crippen molar-refractivity contribution in [2.75, 3.05) is 0 Å². The third kappa shape index (κ3) is 5.75. The summed E-state index contributed by atoms with van der Waals surface area (Å²) in [4.78, 5) is 52.5. The number of aliphatic hydroxyl groups is 2. The maximum absolute atomic E-state index is 15.0. The van der Waals surface area contributed by atoms with Crippen LogP contribution < -0.4 is 0 Å². The number of carboxylic acid groups (broad SMARTS) is 2. The van der Waals surface area contributed by atoms with Gasteiger partial charge in [0.1, 0.15) is 11.6 Å². The molecule has 0 saturated heterocycles. The molecule has 8 rings (SSSR count). The van der Waals surface area contributed by atoms with Gasteiger partial charge in [-0.3, -0.25) is 19.2 Å². The molecule has 0 aromatic heterocycles. The molecule has 0 aliphatic heterocycles. The van der Waals surface area contributed by atoms with Crippen molar-refractivity contribution in [1.29, 1.82) is 0 Å². The summed E-state index contributed by atoms with van der Waals surface area (Å²) in [5.74, 6) is 1.75. The number of carbonyl (C=O) groups excluding carboxylic acids is 2. The molecule has 56 heavy (non-hydrogen) atoms. The van der Waals surface area contributed by atoms with Gasteiger partial charge in [-0.2, -0.15) is 0 Å². The smallest absolute Gasteiger partial charge is 0.303 e. The molecular formula is C48H74O8. The number of aliphatic hydroxyl groups excluding tert-OH is 1. The molecule has 8 aliphatic rings. The number of carboxylic acids is 2. The molecule has 6 unspecified atom stereocenters. The van der Waals surface area contributed by atoms with Crippen molar-refractivity contribution in [3.05, 3.63) is 0 Å². The van der Waals surface area contributed by atoms with E-state index in [1.807, 2.05) is 0 Å². The number of carbonyl (C=O) groups is 4. The van der Waals surface area contributed by atoms with Gasteiger partial charge in [0.25, 0.3) is 0 Å². The Morgan fingerprint density at radius 3 is 1.71 bits per heavy atom. The van der Waals surface area contributed by atoms with Gasteiger partial charge in [0.15, 0.2) is 0 Å². The Labute approximate surface area is 336 Å². The summed E-state index contributed by atoms with van der Waals surface area (Å²) in [5.41, 5.74) is -2.17. The van der Waals surface area contributed by atoms with Crippen molar-refractivity contribution in [1.82, 2.24) is 0 Å². The van der Waals surface area contributed by atoms with Crippen LogP contribution in [0.4, 0.5) is 0 Å². The van der Waals surface area contributed by atoms with Crippen molar-refractivity contribution < 1.29 is 39.6 Å². The van der Waals surface area contributed by atoms with E-state index in [2.05, 4.69) is 41.5 Å². The lowest BCUT2D eigenvalue weighted by Gasteiger charge is -2.71. The second-order valence-corrected chi connectivity index (χ2v) is 22.9. The molecule has 0 amide bonds. The first-order valence-corrected chi connectivity index (χ1v) is 23.1. The predicted molar refractivity (Wildman–Crippen MR) is 213 cm³/mol. The zero-order chi connectivity index (χ0) is 40.4. The molecule has 0 heterocycles. The van der Waals surface area contributed by atoms with Crippen molar-refractivity contribution >= 4 is 23.5 Å². The van der Waals surface area contributed by atoms with Gasteiger partial charge in [0.05, 0.1) is 11.7 Å². The van der Waals surface area contributed by atoms with Crippen molar-refractivity contribution in [3.63, 3.8) is 0 Å². The van der Waals surface area contributed by atoms with Crippen LogP contribution in [0, 0.1) is 92.2 Å². The van der Waals surface area contributed by atoms with Gasteiger partial charge in [-0.15, -0.1) is 0 Å². The van der Waals surface area contributed by atoms with Crippen molar-refractivity contribution in [2.45, 2.75) is 182 Å². The SMILES string of the molecule is C[C@H](CCC(=O)O)[C@H]1CC[C@H]2[C@@H]3C(=O)CC4(C5(O)CC[C@@]6(C)C(CC(=O)C7C6CC[C@@]6(C)C7CC[C@@H]6[C@H](C)CCC(=O)O)C5)C[C@H](O)CC[C@]4(C)[C@H]3CC[C@]12C. The third-order valence-corrected chi connectivity index (χ3v) is 21.2. The topological polar surface area (TPSA) is 149 Å². The first-order chi connectivity index (χ1) is 26.2. The number of ketones is 2. The molecule has 8 saturated carbocycles. The number of fused-ring (bicyclic) bond motifs is 10. The largest absolute Gasteiger partial charge is 0.481 e. The zero-order valence-electron chi connectivity index (χ0n) is 35.5. The second kappa shape index (κ2) is 13.9. The summed E-state index contributed by atoms with van der Waals surface area (Å²) < 4.78 is 0. The van der Waals surface area contributed by atoms with E-state index >= 15 is 4.79 Å². The highest BCUT2D eigenvalue weighted by Crippen LogP contribution is 2.76. The quantitative estimate of drug-likeness (QED) is 0.181. The summed E-state index contributed by atoms with van der Waals surface area (Å²) in [6.45, 7) is 14.1. The van der Waals surface area contributed by atoms with Gasteiger partial charge in [-0.05, 0) is 178 Å². The van der Waals surface area contributed by atoms with E-state index in [0.29, 0.717) is 86.7 Å². The van der Waals surface area contributed by atoms with Gasteiger partial charge in [-0.1, -0.05) is 41.5 Å². The standard InChI is InChI=1S/C48H74O8/c1-27(7-13-39(52)53)31-9-11-33-41-35(16-18-44(31,33)4)43(3)21-22-48(56,24-29(43)23-37(41)50)47-25-30(49)15-20-46(47,6)36-17-19-45(5)32(28(2)8-14-40(54)55)10-12-34(45)42(36)38(51)26-47/h27-36,41-42,49,56H,7-26H2,1-6H3,(H,52,53)(H,54,55)/t27-,28-,29?,30-,31-,32-,33?,34+,35?,36+,41?,42+,43+,44-,45-,46-,47?,48?/m1/s1. The first kappa shape index (κ1) is 41.0. The van der Waals surface area contributed by atoms with E-state index in [1.165, 1.54) is 0 Å². The van der Waals surface area contributed by atoms with E-state index < -0.39 is 29.1 Å². The van der Waals surface area contributed by atoms with Crippen molar-refractivity contribution in [2.24, 2.45) is 92.2 Å². The Hall–Kier alpha value is -1.80. The summed E-state index contributed by atoms with van der Waals surface area (Å²) >= 11 is 0. The lowest BCUT2D eigenvalue weighted by atomic mass is 9.34. The minimum absolute atomic E-state index is 0.00770. The summed E-state index contributed by atoms with van der Waals surface area (Å²) in [6.07, 6.45) is 14.2. The molecule has 4 N–H and O–H groups in total. The van der Waals surface area contributed by atoms with Gasteiger partial charge >= 0.3 is 11.9 Å². The molecule has 0 aromatic rings. The fourth-order valence-corrected chi connectivity index (χ4v) is 18.3. The molecule has 0 radical (unpaired) electrons. The lowest BCUT2D eigenvalue weighted by Crippen LogP contribution is -2.71. The minimum Gasteiger partial charge on any atom is -0.481 e. The van der Waals surface area contributed by atoms with E-state index in [4.69, 9.17) is 0 Å². The van der Waals surface area contributed by atoms with Gasteiger partial charge < -0.3 is 20.4 Å². The Kier molecular flexibility index (Phi) is 10.2. The molecule has 8 heteroatoms. The summed E-state index contributed by atoms with van der Waals surface area (Å²) in [7, 11) is 0. The zero-order valence-corrected chi connectivity index (χ0v) is 35.5. The van der Waals surface area contributed by atoms with Gasteiger partial charge in [0, 0.05) is 42.9 Å². The molecule has 0 aromatic carbocycles. The van der Waals surface area contributed by atoms with Crippen LogP contribution in [0.15, 0.2) is 0 Å². The van der Waals surface area contributed by atoms with Crippen LogP contribution in [0.5, 0.6) is 0 Å². The van der Waals surface area contributed by atoms with Gasteiger partial charge in [0.2, 0.25) is 0 Å². The molecule has 0 spiro atoms. The highest BCUT2D eigenvalue weighted by atomic mass is 16.4. The normalized spacial score (nSPS) is 52.1.